The number of aryl methyl sites for hydroxylation is 2. The van der Waals surface area contributed by atoms with Gasteiger partial charge in [0.1, 0.15) is 0 Å². The quantitative estimate of drug-likeness (QED) is 0.858. The minimum absolute atomic E-state index is 0. The number of aliphatic hydroxyl groups is 1. The van der Waals surface area contributed by atoms with Crippen LogP contribution < -0.4 is 5.73 Å². The van der Waals surface area contributed by atoms with E-state index in [2.05, 4.69) is 26.0 Å². The monoisotopic (exact) mass is 243 g/mol. The van der Waals surface area contributed by atoms with E-state index in [1.807, 2.05) is 19.9 Å². The van der Waals surface area contributed by atoms with Crippen molar-refractivity contribution in [1.29, 1.82) is 0 Å². The third-order valence-corrected chi connectivity index (χ3v) is 3.10. The first kappa shape index (κ1) is 15.4. The molecular weight excluding hydrogens is 222 g/mol. The molecule has 0 amide bonds. The fourth-order valence-electron chi connectivity index (χ4n) is 1.81. The molecule has 1 aromatic rings. The van der Waals surface area contributed by atoms with Crippen molar-refractivity contribution < 1.29 is 5.11 Å². The average molecular weight is 244 g/mol. The van der Waals surface area contributed by atoms with Crippen LogP contribution in [0.4, 0.5) is 0 Å². The first-order chi connectivity index (χ1) is 6.90. The van der Waals surface area contributed by atoms with Gasteiger partial charge in [0.25, 0.3) is 0 Å². The summed E-state index contributed by atoms with van der Waals surface area (Å²) in [6, 6.07) is 6.04. The van der Waals surface area contributed by atoms with Crippen LogP contribution in [-0.4, -0.2) is 11.7 Å². The zero-order valence-electron chi connectivity index (χ0n) is 10.4. The molecule has 1 atom stereocenters. The van der Waals surface area contributed by atoms with Crippen molar-refractivity contribution in [3.05, 3.63) is 34.9 Å². The Morgan fingerprint density at radius 2 is 1.69 bits per heavy atom. The Labute approximate surface area is 104 Å². The van der Waals surface area contributed by atoms with E-state index in [0.29, 0.717) is 0 Å². The van der Waals surface area contributed by atoms with Gasteiger partial charge in [0.15, 0.2) is 0 Å². The number of nitrogens with two attached hydrogens (primary N) is 1. The van der Waals surface area contributed by atoms with E-state index in [9.17, 15) is 5.11 Å². The van der Waals surface area contributed by atoms with E-state index in [0.717, 1.165) is 5.56 Å². The molecule has 0 radical (unpaired) electrons. The molecule has 0 aliphatic rings. The fraction of sp³-hybridized carbons (Fsp3) is 0.538. The molecule has 1 rings (SSSR count). The first-order valence-electron chi connectivity index (χ1n) is 5.32. The molecule has 0 aliphatic carbocycles. The molecule has 2 nitrogen and oxygen atoms in total. The van der Waals surface area contributed by atoms with Gasteiger partial charge in [-0.05, 0) is 30.5 Å². The highest BCUT2D eigenvalue weighted by Gasteiger charge is 2.28. The summed E-state index contributed by atoms with van der Waals surface area (Å²) in [5.41, 5.74) is 9.50. The van der Waals surface area contributed by atoms with Gasteiger partial charge >= 0.3 is 0 Å². The van der Waals surface area contributed by atoms with Gasteiger partial charge in [-0.25, -0.2) is 0 Å². The van der Waals surface area contributed by atoms with Crippen LogP contribution in [0.2, 0.25) is 0 Å². The van der Waals surface area contributed by atoms with Gasteiger partial charge in [0.05, 0.1) is 0 Å². The summed E-state index contributed by atoms with van der Waals surface area (Å²) in [6.45, 7) is 8.21. The molecule has 0 saturated carbocycles. The van der Waals surface area contributed by atoms with Gasteiger partial charge in [0, 0.05) is 18.1 Å². The molecule has 0 heterocycles. The van der Waals surface area contributed by atoms with Gasteiger partial charge in [-0.2, -0.15) is 0 Å². The molecule has 3 heteroatoms. The van der Waals surface area contributed by atoms with Crippen molar-refractivity contribution in [2.24, 2.45) is 11.1 Å². The standard InChI is InChI=1S/C13H21NO.ClH/c1-9-6-5-7-10(2)11(9)12(14)13(3,4)8-15;/h5-7,12,15H,8,14H2,1-4H3;1H/t12-;/m1./s1. The Balaban J connectivity index is 0.00000225. The molecule has 0 spiro atoms. The summed E-state index contributed by atoms with van der Waals surface area (Å²) in [7, 11) is 0. The molecule has 92 valence electrons. The van der Waals surface area contributed by atoms with Gasteiger partial charge in [-0.3, -0.25) is 0 Å². The summed E-state index contributed by atoms with van der Waals surface area (Å²) in [4.78, 5) is 0. The lowest BCUT2D eigenvalue weighted by molar-refractivity contribution is 0.132. The second-order valence-electron chi connectivity index (χ2n) is 4.93. The number of hydrogen-bond acceptors (Lipinski definition) is 2. The van der Waals surface area contributed by atoms with Gasteiger partial charge in [0.2, 0.25) is 0 Å². The minimum atomic E-state index is -0.281. The third-order valence-electron chi connectivity index (χ3n) is 3.10. The number of hydrogen-bond donors (Lipinski definition) is 2. The maximum atomic E-state index is 9.33. The highest BCUT2D eigenvalue weighted by atomic mass is 35.5. The molecule has 0 bridgehead atoms. The zero-order valence-corrected chi connectivity index (χ0v) is 11.3. The second kappa shape index (κ2) is 5.67. The van der Waals surface area contributed by atoms with Crippen molar-refractivity contribution in [2.45, 2.75) is 33.7 Å². The number of rotatable bonds is 3. The molecule has 1 aromatic carbocycles. The topological polar surface area (TPSA) is 46.2 Å². The van der Waals surface area contributed by atoms with Crippen molar-refractivity contribution >= 4 is 12.4 Å². The Hall–Kier alpha value is -0.570. The summed E-state index contributed by atoms with van der Waals surface area (Å²) < 4.78 is 0. The minimum Gasteiger partial charge on any atom is -0.396 e. The van der Waals surface area contributed by atoms with Crippen molar-refractivity contribution in [3.8, 4) is 0 Å². The molecule has 0 aliphatic heterocycles. The zero-order chi connectivity index (χ0) is 11.6. The van der Waals surface area contributed by atoms with Crippen LogP contribution in [0.3, 0.4) is 0 Å². The molecule has 0 unspecified atom stereocenters. The molecular formula is C13H22ClNO. The third kappa shape index (κ3) is 2.97. The summed E-state index contributed by atoms with van der Waals surface area (Å²) in [5, 5.41) is 9.33. The van der Waals surface area contributed by atoms with E-state index in [-0.39, 0.29) is 30.5 Å². The van der Waals surface area contributed by atoms with Crippen LogP contribution in [0, 0.1) is 19.3 Å². The number of aliphatic hydroxyl groups excluding tert-OH is 1. The number of benzene rings is 1. The Kier molecular flexibility index (Phi) is 5.47. The van der Waals surface area contributed by atoms with Crippen LogP contribution >= 0.6 is 12.4 Å². The van der Waals surface area contributed by atoms with Crippen molar-refractivity contribution in [3.63, 3.8) is 0 Å². The summed E-state index contributed by atoms with van der Waals surface area (Å²) >= 11 is 0. The highest BCUT2D eigenvalue weighted by Crippen LogP contribution is 2.33. The van der Waals surface area contributed by atoms with Crippen LogP contribution in [-0.2, 0) is 0 Å². The van der Waals surface area contributed by atoms with E-state index >= 15 is 0 Å². The molecule has 0 aromatic heterocycles. The van der Waals surface area contributed by atoms with E-state index < -0.39 is 0 Å². The lowest BCUT2D eigenvalue weighted by Gasteiger charge is -2.31. The van der Waals surface area contributed by atoms with E-state index in [1.54, 1.807) is 0 Å². The van der Waals surface area contributed by atoms with Gasteiger partial charge < -0.3 is 10.8 Å². The van der Waals surface area contributed by atoms with Crippen LogP contribution in [0.1, 0.15) is 36.6 Å². The smallest absolute Gasteiger partial charge is 0.0500 e. The van der Waals surface area contributed by atoms with Gasteiger partial charge in [-0.15, -0.1) is 12.4 Å². The average Bonchev–Trinajstić information content (AvgIpc) is 2.17. The summed E-state index contributed by atoms with van der Waals surface area (Å²) in [6.07, 6.45) is 0. The van der Waals surface area contributed by atoms with Crippen LogP contribution in [0.15, 0.2) is 18.2 Å². The van der Waals surface area contributed by atoms with Gasteiger partial charge in [-0.1, -0.05) is 32.0 Å². The van der Waals surface area contributed by atoms with E-state index in [4.69, 9.17) is 5.73 Å². The molecule has 0 saturated heterocycles. The Morgan fingerprint density at radius 3 is 2.06 bits per heavy atom. The van der Waals surface area contributed by atoms with Crippen molar-refractivity contribution in [1.82, 2.24) is 0 Å². The first-order valence-corrected chi connectivity index (χ1v) is 5.32. The maximum absolute atomic E-state index is 9.33. The van der Waals surface area contributed by atoms with Crippen LogP contribution in [0.25, 0.3) is 0 Å². The summed E-state index contributed by atoms with van der Waals surface area (Å²) in [5.74, 6) is 0. The normalized spacial score (nSPS) is 13.1. The largest absolute Gasteiger partial charge is 0.396 e. The van der Waals surface area contributed by atoms with E-state index in [1.165, 1.54) is 11.1 Å². The lowest BCUT2D eigenvalue weighted by Crippen LogP contribution is -2.33. The van der Waals surface area contributed by atoms with Crippen molar-refractivity contribution in [2.75, 3.05) is 6.61 Å². The second-order valence-corrected chi connectivity index (χ2v) is 4.93. The molecule has 0 fully saturated rings. The Bertz CT molecular complexity index is 330. The highest BCUT2D eigenvalue weighted by molar-refractivity contribution is 5.85. The lowest BCUT2D eigenvalue weighted by atomic mass is 9.79. The van der Waals surface area contributed by atoms with Crippen LogP contribution in [0.5, 0.6) is 0 Å². The molecule has 16 heavy (non-hydrogen) atoms. The predicted octanol–water partition coefficient (Wildman–Crippen LogP) is 2.74. The fourth-order valence-corrected chi connectivity index (χ4v) is 1.81. The predicted molar refractivity (Wildman–Crippen MR) is 71.0 cm³/mol. The number of halogens is 1. The molecule has 3 N–H and O–H groups in total. The maximum Gasteiger partial charge on any atom is 0.0500 e. The SMILES string of the molecule is Cc1cccc(C)c1[C@@H](N)C(C)(C)CO.Cl. The Morgan fingerprint density at radius 1 is 1.25 bits per heavy atom.